The van der Waals surface area contributed by atoms with Crippen LogP contribution in [0.5, 0.6) is 11.6 Å². The fourth-order valence-corrected chi connectivity index (χ4v) is 2.52. The number of aryl methyl sites for hydroxylation is 1. The van der Waals surface area contributed by atoms with Crippen LogP contribution in [0.25, 0.3) is 0 Å². The highest BCUT2D eigenvalue weighted by molar-refractivity contribution is 6.33. The van der Waals surface area contributed by atoms with Crippen molar-refractivity contribution in [2.75, 3.05) is 11.2 Å². The van der Waals surface area contributed by atoms with Gasteiger partial charge in [-0.05, 0) is 42.8 Å². The molecule has 0 saturated heterocycles. The first-order chi connectivity index (χ1) is 13.0. The highest BCUT2D eigenvalue weighted by atomic mass is 35.5. The van der Waals surface area contributed by atoms with Crippen LogP contribution < -0.4 is 21.3 Å². The highest BCUT2D eigenvalue weighted by Gasteiger charge is 2.13. The van der Waals surface area contributed by atoms with Gasteiger partial charge in [-0.1, -0.05) is 35.3 Å². The number of benzene rings is 2. The second kappa shape index (κ2) is 8.11. The zero-order valence-corrected chi connectivity index (χ0v) is 15.7. The first-order valence-electron chi connectivity index (χ1n) is 7.81. The van der Waals surface area contributed by atoms with Crippen molar-refractivity contribution in [1.82, 2.24) is 15.4 Å². The Bertz CT molecular complexity index is 997. The van der Waals surface area contributed by atoms with E-state index in [9.17, 15) is 4.79 Å². The van der Waals surface area contributed by atoms with Gasteiger partial charge in [-0.15, -0.1) is 0 Å². The lowest BCUT2D eigenvalue weighted by atomic mass is 10.2. The van der Waals surface area contributed by atoms with Crippen molar-refractivity contribution >= 4 is 40.6 Å². The number of rotatable bonds is 5. The minimum Gasteiger partial charge on any atom is -0.437 e. The summed E-state index contributed by atoms with van der Waals surface area (Å²) in [6.07, 6.45) is 1.26. The van der Waals surface area contributed by atoms with Gasteiger partial charge in [-0.25, -0.2) is 4.98 Å². The molecule has 1 amide bonds. The number of anilines is 2. The van der Waals surface area contributed by atoms with E-state index in [0.717, 1.165) is 5.56 Å². The van der Waals surface area contributed by atoms with Gasteiger partial charge in [0.1, 0.15) is 17.8 Å². The molecule has 0 spiro atoms. The van der Waals surface area contributed by atoms with Gasteiger partial charge in [-0.3, -0.25) is 15.6 Å². The van der Waals surface area contributed by atoms with Gasteiger partial charge in [0, 0.05) is 5.02 Å². The smallest absolute Gasteiger partial charge is 0.271 e. The number of carbonyl (C=O) groups excluding carboxylic acids is 1. The Morgan fingerprint density at radius 3 is 2.63 bits per heavy atom. The Labute approximate surface area is 165 Å². The number of hydrogen-bond donors (Lipinski definition) is 3. The maximum atomic E-state index is 12.2. The number of nitrogen functional groups attached to an aromatic ring is 1. The number of nitrogens with one attached hydrogen (secondary N) is 2. The van der Waals surface area contributed by atoms with Crippen molar-refractivity contribution in [3.05, 3.63) is 70.0 Å². The maximum Gasteiger partial charge on any atom is 0.271 e. The minimum atomic E-state index is -0.436. The lowest BCUT2D eigenvalue weighted by Crippen LogP contribution is -2.30. The zero-order valence-electron chi connectivity index (χ0n) is 14.2. The fourth-order valence-electron chi connectivity index (χ4n) is 2.18. The molecule has 0 aliphatic rings. The summed E-state index contributed by atoms with van der Waals surface area (Å²) in [5.41, 5.74) is 12.5. The SMILES string of the molecule is Cc1cc(Oc2ncnc(NNC(=O)c3ccccc3Cl)c2N)ccc1Cl. The van der Waals surface area contributed by atoms with Crippen molar-refractivity contribution < 1.29 is 9.53 Å². The van der Waals surface area contributed by atoms with Crippen molar-refractivity contribution in [3.63, 3.8) is 0 Å². The number of hydrazine groups is 1. The molecule has 1 aromatic heterocycles. The van der Waals surface area contributed by atoms with Gasteiger partial charge >= 0.3 is 0 Å². The molecule has 0 saturated carbocycles. The Morgan fingerprint density at radius 2 is 1.89 bits per heavy atom. The molecule has 0 radical (unpaired) electrons. The van der Waals surface area contributed by atoms with E-state index in [4.69, 9.17) is 33.7 Å². The molecule has 0 bridgehead atoms. The molecule has 0 fully saturated rings. The van der Waals surface area contributed by atoms with E-state index in [1.807, 2.05) is 6.92 Å². The third-order valence-electron chi connectivity index (χ3n) is 3.60. The summed E-state index contributed by atoms with van der Waals surface area (Å²) >= 11 is 12.0. The molecular weight excluding hydrogens is 389 g/mol. The summed E-state index contributed by atoms with van der Waals surface area (Å²) < 4.78 is 5.69. The Hall–Kier alpha value is -3.03. The van der Waals surface area contributed by atoms with Crippen LogP contribution in [-0.2, 0) is 0 Å². The third kappa shape index (κ3) is 4.39. The van der Waals surface area contributed by atoms with E-state index in [1.165, 1.54) is 6.33 Å². The second-order valence-electron chi connectivity index (χ2n) is 5.51. The number of halogens is 2. The first-order valence-corrected chi connectivity index (χ1v) is 8.56. The van der Waals surface area contributed by atoms with E-state index in [1.54, 1.807) is 42.5 Å². The Morgan fingerprint density at radius 1 is 1.11 bits per heavy atom. The molecular formula is C18H15Cl2N5O2. The molecule has 0 atom stereocenters. The second-order valence-corrected chi connectivity index (χ2v) is 6.33. The predicted molar refractivity (Wildman–Crippen MR) is 105 cm³/mol. The van der Waals surface area contributed by atoms with E-state index >= 15 is 0 Å². The molecule has 138 valence electrons. The number of nitrogens with two attached hydrogens (primary N) is 1. The van der Waals surface area contributed by atoms with E-state index in [0.29, 0.717) is 21.4 Å². The number of carbonyl (C=O) groups is 1. The quantitative estimate of drug-likeness (QED) is 0.551. The van der Waals surface area contributed by atoms with Crippen LogP contribution in [0, 0.1) is 6.92 Å². The minimum absolute atomic E-state index is 0.129. The van der Waals surface area contributed by atoms with Crippen LogP contribution in [-0.4, -0.2) is 15.9 Å². The fraction of sp³-hybridized carbons (Fsp3) is 0.0556. The van der Waals surface area contributed by atoms with Crippen LogP contribution in [0.1, 0.15) is 15.9 Å². The molecule has 0 aliphatic heterocycles. The van der Waals surface area contributed by atoms with E-state index < -0.39 is 5.91 Å². The Balaban J connectivity index is 1.74. The summed E-state index contributed by atoms with van der Waals surface area (Å²) in [5, 5.41) is 0.956. The normalized spacial score (nSPS) is 10.3. The third-order valence-corrected chi connectivity index (χ3v) is 4.36. The largest absolute Gasteiger partial charge is 0.437 e. The Kier molecular flexibility index (Phi) is 5.63. The average Bonchev–Trinajstić information content (AvgIpc) is 2.65. The summed E-state index contributed by atoms with van der Waals surface area (Å²) in [6.45, 7) is 1.86. The number of hydrogen-bond acceptors (Lipinski definition) is 6. The summed E-state index contributed by atoms with van der Waals surface area (Å²) in [7, 11) is 0. The van der Waals surface area contributed by atoms with Crippen LogP contribution in [0.3, 0.4) is 0 Å². The van der Waals surface area contributed by atoms with Gasteiger partial charge < -0.3 is 10.5 Å². The van der Waals surface area contributed by atoms with Gasteiger partial charge in [0.2, 0.25) is 5.88 Å². The molecule has 27 heavy (non-hydrogen) atoms. The molecule has 4 N–H and O–H groups in total. The number of ether oxygens (including phenoxy) is 1. The van der Waals surface area contributed by atoms with Gasteiger partial charge in [0.05, 0.1) is 10.6 Å². The molecule has 0 unspecified atom stereocenters. The predicted octanol–water partition coefficient (Wildman–Crippen LogP) is 4.22. The van der Waals surface area contributed by atoms with Crippen molar-refractivity contribution in [2.24, 2.45) is 0 Å². The summed E-state index contributed by atoms with van der Waals surface area (Å²) in [4.78, 5) is 20.2. The average molecular weight is 404 g/mol. The molecule has 7 nitrogen and oxygen atoms in total. The molecule has 2 aromatic carbocycles. The number of nitrogens with zero attached hydrogens (tertiary/aromatic N) is 2. The van der Waals surface area contributed by atoms with Gasteiger partial charge in [0.15, 0.2) is 5.82 Å². The van der Waals surface area contributed by atoms with Crippen molar-refractivity contribution in [1.29, 1.82) is 0 Å². The van der Waals surface area contributed by atoms with Crippen LogP contribution >= 0.6 is 23.2 Å². The molecule has 9 heteroatoms. The van der Waals surface area contributed by atoms with Gasteiger partial charge in [0.25, 0.3) is 5.91 Å². The summed E-state index contributed by atoms with van der Waals surface area (Å²) in [5.74, 6) is 0.412. The van der Waals surface area contributed by atoms with E-state index in [-0.39, 0.29) is 17.4 Å². The highest BCUT2D eigenvalue weighted by Crippen LogP contribution is 2.30. The van der Waals surface area contributed by atoms with Crippen molar-refractivity contribution in [2.45, 2.75) is 6.92 Å². The molecule has 1 heterocycles. The summed E-state index contributed by atoms with van der Waals surface area (Å²) in [6, 6.07) is 11.8. The van der Waals surface area contributed by atoms with E-state index in [2.05, 4.69) is 20.8 Å². The monoisotopic (exact) mass is 403 g/mol. The zero-order chi connectivity index (χ0) is 19.4. The number of amides is 1. The standard InChI is InChI=1S/C18H15Cl2N5O2/c1-10-8-11(6-7-13(10)19)27-18-15(21)16(22-9-23-18)24-25-17(26)12-4-2-3-5-14(12)20/h2-9H,21H2,1H3,(H,25,26)(H,22,23,24). The molecule has 3 aromatic rings. The molecule has 3 rings (SSSR count). The lowest BCUT2D eigenvalue weighted by molar-refractivity contribution is 0.0962. The van der Waals surface area contributed by atoms with Crippen molar-refractivity contribution in [3.8, 4) is 11.6 Å². The molecule has 0 aliphatic carbocycles. The van der Waals surface area contributed by atoms with Gasteiger partial charge in [-0.2, -0.15) is 4.98 Å². The van der Waals surface area contributed by atoms with Crippen LogP contribution in [0.4, 0.5) is 11.5 Å². The van der Waals surface area contributed by atoms with Crippen LogP contribution in [0.15, 0.2) is 48.8 Å². The topological polar surface area (TPSA) is 102 Å². The number of aromatic nitrogens is 2. The first kappa shape index (κ1) is 18.8. The lowest BCUT2D eigenvalue weighted by Gasteiger charge is -2.13. The maximum absolute atomic E-state index is 12.2. The van der Waals surface area contributed by atoms with Crippen LogP contribution in [0.2, 0.25) is 10.0 Å².